The number of nitro benzene ring substituents is 1. The number of hydrogen-bond acceptors (Lipinski definition) is 6. The van der Waals surface area contributed by atoms with Gasteiger partial charge in [0.15, 0.2) is 0 Å². The fraction of sp³-hybridized carbons (Fsp3) is 0.125. The van der Waals surface area contributed by atoms with Gasteiger partial charge in [-0.2, -0.15) is 5.10 Å². The van der Waals surface area contributed by atoms with E-state index in [4.69, 9.17) is 4.74 Å². The fourth-order valence-corrected chi connectivity index (χ4v) is 2.80. The van der Waals surface area contributed by atoms with E-state index >= 15 is 0 Å². The lowest BCUT2D eigenvalue weighted by molar-refractivity contribution is -0.384. The van der Waals surface area contributed by atoms with E-state index in [9.17, 15) is 19.7 Å². The molecule has 3 aromatic rings. The Bertz CT molecular complexity index is 1160. The number of benzene rings is 3. The molecule has 0 atom stereocenters. The number of para-hydroxylation sites is 1. The number of hydrogen-bond donors (Lipinski definition) is 2. The van der Waals surface area contributed by atoms with Crippen molar-refractivity contribution in [3.63, 3.8) is 0 Å². The molecule has 9 nitrogen and oxygen atoms in total. The molecular weight excluding hydrogens is 424 g/mol. The summed E-state index contributed by atoms with van der Waals surface area (Å²) in [6, 6.07) is 20.4. The summed E-state index contributed by atoms with van der Waals surface area (Å²) in [5.74, 6) is -0.339. The van der Waals surface area contributed by atoms with Gasteiger partial charge in [0.1, 0.15) is 18.8 Å². The second kappa shape index (κ2) is 11.2. The number of amides is 2. The largest absolute Gasteiger partial charge is 0.489 e. The van der Waals surface area contributed by atoms with Crippen molar-refractivity contribution >= 4 is 29.4 Å². The standard InChI is InChI=1S/C24H22N4O5/c1-17-4-2-3-5-22(17)26-23(29)14-24(30)27-25-15-18-8-12-21(13-9-18)33-16-19-6-10-20(11-7-19)28(31)32/h2-13,15H,14,16H2,1H3,(H,26,29)(H,27,30). The van der Waals surface area contributed by atoms with Crippen LogP contribution in [0.1, 0.15) is 23.1 Å². The quantitative estimate of drug-likeness (QED) is 0.223. The molecule has 3 rings (SSSR count). The van der Waals surface area contributed by atoms with Gasteiger partial charge in [0.2, 0.25) is 11.8 Å². The van der Waals surface area contributed by atoms with E-state index in [1.54, 1.807) is 48.5 Å². The zero-order valence-corrected chi connectivity index (χ0v) is 17.9. The molecule has 3 aromatic carbocycles. The lowest BCUT2D eigenvalue weighted by Gasteiger charge is -2.07. The lowest BCUT2D eigenvalue weighted by atomic mass is 10.2. The third-order valence-corrected chi connectivity index (χ3v) is 4.58. The van der Waals surface area contributed by atoms with Crippen molar-refractivity contribution in [2.75, 3.05) is 5.32 Å². The summed E-state index contributed by atoms with van der Waals surface area (Å²) in [6.45, 7) is 2.14. The molecule has 0 saturated carbocycles. The number of rotatable bonds is 9. The van der Waals surface area contributed by atoms with Gasteiger partial charge in [0, 0.05) is 17.8 Å². The Hall–Kier alpha value is -4.53. The van der Waals surface area contributed by atoms with E-state index in [1.165, 1.54) is 18.3 Å². The lowest BCUT2D eigenvalue weighted by Crippen LogP contribution is -2.24. The highest BCUT2D eigenvalue weighted by Crippen LogP contribution is 2.16. The second-order valence-corrected chi connectivity index (χ2v) is 7.11. The SMILES string of the molecule is Cc1ccccc1NC(=O)CC(=O)NN=Cc1ccc(OCc2ccc([N+](=O)[O-])cc2)cc1. The van der Waals surface area contributed by atoms with Gasteiger partial charge in [-0.05, 0) is 66.1 Å². The summed E-state index contributed by atoms with van der Waals surface area (Å²) in [5.41, 5.74) is 5.45. The van der Waals surface area contributed by atoms with Gasteiger partial charge in [-0.1, -0.05) is 18.2 Å². The summed E-state index contributed by atoms with van der Waals surface area (Å²) in [5, 5.41) is 17.2. The van der Waals surface area contributed by atoms with Crippen LogP contribution in [0.15, 0.2) is 77.9 Å². The summed E-state index contributed by atoms with van der Waals surface area (Å²) in [7, 11) is 0. The van der Waals surface area contributed by atoms with E-state index in [-0.39, 0.29) is 18.7 Å². The molecular formula is C24H22N4O5. The highest BCUT2D eigenvalue weighted by atomic mass is 16.6. The Morgan fingerprint density at radius 2 is 1.70 bits per heavy atom. The fourth-order valence-electron chi connectivity index (χ4n) is 2.80. The molecule has 2 N–H and O–H groups in total. The van der Waals surface area contributed by atoms with Crippen molar-refractivity contribution in [1.29, 1.82) is 0 Å². The molecule has 0 heterocycles. The predicted octanol–water partition coefficient (Wildman–Crippen LogP) is 3.96. The van der Waals surface area contributed by atoms with Crippen LogP contribution in [0.25, 0.3) is 0 Å². The average molecular weight is 446 g/mol. The molecule has 0 fully saturated rings. The molecule has 0 aliphatic rings. The molecule has 0 radical (unpaired) electrons. The molecule has 0 aromatic heterocycles. The van der Waals surface area contributed by atoms with E-state index in [1.807, 2.05) is 19.1 Å². The Kier molecular flexibility index (Phi) is 7.85. The molecule has 0 saturated heterocycles. The van der Waals surface area contributed by atoms with Gasteiger partial charge in [-0.25, -0.2) is 5.43 Å². The summed E-state index contributed by atoms with van der Waals surface area (Å²) >= 11 is 0. The number of carbonyl (C=O) groups is 2. The smallest absolute Gasteiger partial charge is 0.269 e. The zero-order valence-electron chi connectivity index (χ0n) is 17.9. The third-order valence-electron chi connectivity index (χ3n) is 4.58. The van der Waals surface area contributed by atoms with E-state index < -0.39 is 16.7 Å². The molecule has 168 valence electrons. The first-order chi connectivity index (χ1) is 15.9. The number of non-ortho nitro benzene ring substituents is 1. The predicted molar refractivity (Wildman–Crippen MR) is 124 cm³/mol. The van der Waals surface area contributed by atoms with Crippen LogP contribution in [-0.2, 0) is 16.2 Å². The van der Waals surface area contributed by atoms with Crippen LogP contribution in [0.3, 0.4) is 0 Å². The van der Waals surface area contributed by atoms with Crippen LogP contribution in [0, 0.1) is 17.0 Å². The highest BCUT2D eigenvalue weighted by molar-refractivity contribution is 6.04. The van der Waals surface area contributed by atoms with Crippen LogP contribution >= 0.6 is 0 Å². The number of nitro groups is 1. The minimum Gasteiger partial charge on any atom is -0.489 e. The van der Waals surface area contributed by atoms with Crippen molar-refractivity contribution in [2.45, 2.75) is 20.0 Å². The van der Waals surface area contributed by atoms with Gasteiger partial charge in [-0.15, -0.1) is 0 Å². The van der Waals surface area contributed by atoms with Crippen molar-refractivity contribution in [2.24, 2.45) is 5.10 Å². The van der Waals surface area contributed by atoms with Crippen LogP contribution in [0.2, 0.25) is 0 Å². The van der Waals surface area contributed by atoms with E-state index in [0.717, 1.165) is 16.7 Å². The van der Waals surface area contributed by atoms with E-state index in [2.05, 4.69) is 15.8 Å². The Morgan fingerprint density at radius 3 is 2.36 bits per heavy atom. The molecule has 33 heavy (non-hydrogen) atoms. The first-order valence-corrected chi connectivity index (χ1v) is 10.0. The maximum Gasteiger partial charge on any atom is 0.269 e. The van der Waals surface area contributed by atoms with Crippen molar-refractivity contribution in [3.05, 3.63) is 99.6 Å². The molecule has 0 aliphatic carbocycles. The minimum absolute atomic E-state index is 0.0291. The van der Waals surface area contributed by atoms with Gasteiger partial charge in [0.25, 0.3) is 5.69 Å². The summed E-state index contributed by atoms with van der Waals surface area (Å²) in [6.07, 6.45) is 1.11. The third kappa shape index (κ3) is 7.28. The molecule has 0 aliphatic heterocycles. The van der Waals surface area contributed by atoms with Crippen LogP contribution < -0.4 is 15.5 Å². The normalized spacial score (nSPS) is 10.6. The van der Waals surface area contributed by atoms with Gasteiger partial charge < -0.3 is 10.1 Å². The second-order valence-electron chi connectivity index (χ2n) is 7.11. The molecule has 2 amide bonds. The number of hydrazone groups is 1. The number of nitrogens with one attached hydrogen (secondary N) is 2. The maximum absolute atomic E-state index is 12.0. The Morgan fingerprint density at radius 1 is 1.00 bits per heavy atom. The van der Waals surface area contributed by atoms with Crippen LogP contribution in [0.5, 0.6) is 5.75 Å². The van der Waals surface area contributed by atoms with Crippen LogP contribution in [0.4, 0.5) is 11.4 Å². The molecule has 0 unspecified atom stereocenters. The minimum atomic E-state index is -0.527. The van der Waals surface area contributed by atoms with Crippen molar-refractivity contribution in [3.8, 4) is 5.75 Å². The monoisotopic (exact) mass is 446 g/mol. The van der Waals surface area contributed by atoms with Crippen LogP contribution in [-0.4, -0.2) is 23.0 Å². The highest BCUT2D eigenvalue weighted by Gasteiger charge is 2.10. The maximum atomic E-state index is 12.0. The van der Waals surface area contributed by atoms with E-state index in [0.29, 0.717) is 11.4 Å². The Labute approximate surface area is 190 Å². The number of anilines is 1. The Balaban J connectivity index is 1.42. The number of aryl methyl sites for hydroxylation is 1. The average Bonchev–Trinajstić information content (AvgIpc) is 2.80. The van der Waals surface area contributed by atoms with Gasteiger partial charge >= 0.3 is 0 Å². The first kappa shape index (κ1) is 23.1. The summed E-state index contributed by atoms with van der Waals surface area (Å²) in [4.78, 5) is 34.1. The molecule has 0 spiro atoms. The molecule has 9 heteroatoms. The number of carbonyl (C=O) groups excluding carboxylic acids is 2. The van der Waals surface area contributed by atoms with Gasteiger partial charge in [0.05, 0.1) is 11.1 Å². The zero-order chi connectivity index (χ0) is 23.6. The van der Waals surface area contributed by atoms with Crippen molar-refractivity contribution < 1.29 is 19.2 Å². The number of ether oxygens (including phenoxy) is 1. The molecule has 0 bridgehead atoms. The topological polar surface area (TPSA) is 123 Å². The summed E-state index contributed by atoms with van der Waals surface area (Å²) < 4.78 is 5.66. The van der Waals surface area contributed by atoms with Crippen molar-refractivity contribution in [1.82, 2.24) is 5.43 Å². The number of nitrogens with zero attached hydrogens (tertiary/aromatic N) is 2. The first-order valence-electron chi connectivity index (χ1n) is 10.0. The van der Waals surface area contributed by atoms with Gasteiger partial charge in [-0.3, -0.25) is 19.7 Å².